The van der Waals surface area contributed by atoms with Gasteiger partial charge in [-0.15, -0.1) is 24.8 Å². The standard InChI is InChI=1S/C12H15ClF2N2.2ClH/c13-11-2-1-9(15)7-10(11)12(8-14)17-5-3-16-4-6-17;;/h1-2,7,12,16H,3-6,8H2;2*1H/t12-;;/m1../s1. The molecule has 2 nitrogen and oxygen atoms in total. The maximum Gasteiger partial charge on any atom is 0.123 e. The number of hydrogen-bond acceptors (Lipinski definition) is 2. The molecule has 0 radical (unpaired) electrons. The van der Waals surface area contributed by atoms with Crippen LogP contribution in [-0.2, 0) is 0 Å². The summed E-state index contributed by atoms with van der Waals surface area (Å²) in [6, 6.07) is 3.66. The van der Waals surface area contributed by atoms with E-state index in [9.17, 15) is 8.78 Å². The first-order valence-corrected chi connectivity index (χ1v) is 6.06. The molecule has 1 aliphatic rings. The number of rotatable bonds is 3. The molecule has 1 saturated heterocycles. The second-order valence-electron chi connectivity index (χ2n) is 4.12. The van der Waals surface area contributed by atoms with E-state index < -0.39 is 12.7 Å². The van der Waals surface area contributed by atoms with Crippen LogP contribution in [0.15, 0.2) is 18.2 Å². The normalized spacial score (nSPS) is 17.2. The molecule has 0 unspecified atom stereocenters. The molecule has 1 heterocycles. The smallest absolute Gasteiger partial charge is 0.123 e. The second-order valence-corrected chi connectivity index (χ2v) is 4.53. The Morgan fingerprint density at radius 1 is 1.26 bits per heavy atom. The van der Waals surface area contributed by atoms with E-state index in [2.05, 4.69) is 5.32 Å². The molecule has 0 aromatic heterocycles. The largest absolute Gasteiger partial charge is 0.314 e. The van der Waals surface area contributed by atoms with Crippen molar-refractivity contribution in [2.24, 2.45) is 0 Å². The van der Waals surface area contributed by atoms with Crippen LogP contribution < -0.4 is 5.32 Å². The van der Waals surface area contributed by atoms with E-state index >= 15 is 0 Å². The molecule has 1 aromatic rings. The summed E-state index contributed by atoms with van der Waals surface area (Å²) in [6.45, 7) is 2.60. The zero-order valence-electron chi connectivity index (χ0n) is 10.2. The topological polar surface area (TPSA) is 15.3 Å². The molecule has 1 aliphatic heterocycles. The van der Waals surface area contributed by atoms with E-state index in [1.807, 2.05) is 4.90 Å². The van der Waals surface area contributed by atoms with Crippen molar-refractivity contribution in [3.63, 3.8) is 0 Å². The quantitative estimate of drug-likeness (QED) is 0.913. The third-order valence-corrected chi connectivity index (χ3v) is 3.40. The third kappa shape index (κ3) is 4.72. The minimum atomic E-state index is -0.552. The monoisotopic (exact) mass is 332 g/mol. The Kier molecular flexibility index (Phi) is 8.86. The molecule has 110 valence electrons. The van der Waals surface area contributed by atoms with Gasteiger partial charge in [-0.1, -0.05) is 11.6 Å². The van der Waals surface area contributed by atoms with E-state index in [0.717, 1.165) is 26.2 Å². The zero-order chi connectivity index (χ0) is 12.3. The van der Waals surface area contributed by atoms with Gasteiger partial charge in [0, 0.05) is 31.2 Å². The van der Waals surface area contributed by atoms with Crippen molar-refractivity contribution in [1.82, 2.24) is 10.2 Å². The fourth-order valence-corrected chi connectivity index (χ4v) is 2.38. The van der Waals surface area contributed by atoms with E-state index in [-0.39, 0.29) is 30.6 Å². The Labute approximate surface area is 129 Å². The van der Waals surface area contributed by atoms with Crippen molar-refractivity contribution in [2.45, 2.75) is 6.04 Å². The van der Waals surface area contributed by atoms with Gasteiger partial charge in [0.1, 0.15) is 12.5 Å². The van der Waals surface area contributed by atoms with Crippen molar-refractivity contribution >= 4 is 36.4 Å². The Balaban J connectivity index is 0.00000162. The Hall–Kier alpha value is -0.130. The number of halogens is 5. The molecule has 0 spiro atoms. The zero-order valence-corrected chi connectivity index (χ0v) is 12.6. The van der Waals surface area contributed by atoms with E-state index in [0.29, 0.717) is 10.6 Å². The maximum absolute atomic E-state index is 13.2. The van der Waals surface area contributed by atoms with Crippen LogP contribution in [0, 0.1) is 5.82 Å². The van der Waals surface area contributed by atoms with Gasteiger partial charge in [0.15, 0.2) is 0 Å². The summed E-state index contributed by atoms with van der Waals surface area (Å²) < 4.78 is 26.4. The summed E-state index contributed by atoms with van der Waals surface area (Å²) in [4.78, 5) is 2.00. The SMILES string of the molecule is Cl.Cl.FC[C@H](c1cc(F)ccc1Cl)N1CCNCC1. The van der Waals surface area contributed by atoms with Crippen LogP contribution in [0.4, 0.5) is 8.78 Å². The molecule has 19 heavy (non-hydrogen) atoms. The van der Waals surface area contributed by atoms with Crippen molar-refractivity contribution < 1.29 is 8.78 Å². The third-order valence-electron chi connectivity index (χ3n) is 3.06. The molecule has 0 saturated carbocycles. The average molecular weight is 334 g/mol. The van der Waals surface area contributed by atoms with Crippen LogP contribution in [0.5, 0.6) is 0 Å². The molecule has 1 atom stereocenters. The van der Waals surface area contributed by atoms with Gasteiger partial charge in [-0.25, -0.2) is 8.78 Å². The van der Waals surface area contributed by atoms with Gasteiger partial charge < -0.3 is 5.32 Å². The number of hydrogen-bond donors (Lipinski definition) is 1. The molecule has 0 bridgehead atoms. The van der Waals surface area contributed by atoms with Gasteiger partial charge >= 0.3 is 0 Å². The number of piperazine rings is 1. The number of alkyl halides is 1. The summed E-state index contributed by atoms with van der Waals surface area (Å²) in [5, 5.41) is 3.62. The van der Waals surface area contributed by atoms with Crippen LogP contribution in [0.25, 0.3) is 0 Å². The highest BCUT2D eigenvalue weighted by Crippen LogP contribution is 2.29. The summed E-state index contributed by atoms with van der Waals surface area (Å²) in [5.41, 5.74) is 0.538. The van der Waals surface area contributed by atoms with E-state index in [1.54, 1.807) is 0 Å². The molecule has 1 N–H and O–H groups in total. The van der Waals surface area contributed by atoms with Crippen molar-refractivity contribution in [1.29, 1.82) is 0 Å². The molecule has 2 rings (SSSR count). The minimum Gasteiger partial charge on any atom is -0.314 e. The fraction of sp³-hybridized carbons (Fsp3) is 0.500. The summed E-state index contributed by atoms with van der Waals surface area (Å²) in [7, 11) is 0. The van der Waals surface area contributed by atoms with Crippen LogP contribution in [0.3, 0.4) is 0 Å². The van der Waals surface area contributed by atoms with Gasteiger partial charge in [0.25, 0.3) is 0 Å². The lowest BCUT2D eigenvalue weighted by Gasteiger charge is -2.34. The summed E-state index contributed by atoms with van der Waals surface area (Å²) in [5.74, 6) is -0.377. The average Bonchev–Trinajstić information content (AvgIpc) is 2.36. The van der Waals surface area contributed by atoms with E-state index in [1.165, 1.54) is 18.2 Å². The van der Waals surface area contributed by atoms with Crippen LogP contribution in [0.1, 0.15) is 11.6 Å². The van der Waals surface area contributed by atoms with Gasteiger partial charge in [0.05, 0.1) is 6.04 Å². The lowest BCUT2D eigenvalue weighted by Crippen LogP contribution is -2.45. The first-order chi connectivity index (χ1) is 8.22. The Morgan fingerprint density at radius 2 is 1.89 bits per heavy atom. The summed E-state index contributed by atoms with van der Waals surface area (Å²) >= 11 is 6.01. The number of nitrogens with one attached hydrogen (secondary N) is 1. The maximum atomic E-state index is 13.2. The van der Waals surface area contributed by atoms with Gasteiger partial charge in [-0.05, 0) is 23.8 Å². The molecule has 1 aromatic carbocycles. The lowest BCUT2D eigenvalue weighted by molar-refractivity contribution is 0.147. The highest BCUT2D eigenvalue weighted by atomic mass is 35.5. The number of nitrogens with zero attached hydrogens (tertiary/aromatic N) is 1. The predicted octanol–water partition coefficient (Wildman–Crippen LogP) is 3.24. The molecule has 0 amide bonds. The summed E-state index contributed by atoms with van der Waals surface area (Å²) in [6.07, 6.45) is 0. The molecule has 1 fully saturated rings. The van der Waals surface area contributed by atoms with Crippen molar-refractivity contribution in [3.05, 3.63) is 34.6 Å². The van der Waals surface area contributed by atoms with Gasteiger partial charge in [-0.3, -0.25) is 4.90 Å². The predicted molar refractivity (Wildman–Crippen MR) is 79.1 cm³/mol. The van der Waals surface area contributed by atoms with E-state index in [4.69, 9.17) is 11.6 Å². The van der Waals surface area contributed by atoms with Crippen LogP contribution in [-0.4, -0.2) is 37.8 Å². The fourth-order valence-electron chi connectivity index (χ4n) is 2.14. The molecule has 0 aliphatic carbocycles. The molecular formula is C12H17Cl3F2N2. The molecular weight excluding hydrogens is 317 g/mol. The van der Waals surface area contributed by atoms with Crippen molar-refractivity contribution in [2.75, 3.05) is 32.9 Å². The Bertz CT molecular complexity index is 387. The second kappa shape index (κ2) is 8.93. The minimum absolute atomic E-state index is 0. The highest BCUT2D eigenvalue weighted by Gasteiger charge is 2.24. The van der Waals surface area contributed by atoms with Crippen LogP contribution >= 0.6 is 36.4 Å². The first kappa shape index (κ1) is 18.9. The lowest BCUT2D eigenvalue weighted by atomic mass is 10.1. The van der Waals surface area contributed by atoms with Crippen molar-refractivity contribution in [3.8, 4) is 0 Å². The van der Waals surface area contributed by atoms with Gasteiger partial charge in [-0.2, -0.15) is 0 Å². The van der Waals surface area contributed by atoms with Crippen LogP contribution in [0.2, 0.25) is 5.02 Å². The number of benzene rings is 1. The molecule has 7 heteroatoms. The van der Waals surface area contributed by atoms with Gasteiger partial charge in [0.2, 0.25) is 0 Å². The highest BCUT2D eigenvalue weighted by molar-refractivity contribution is 6.31. The first-order valence-electron chi connectivity index (χ1n) is 5.68. The Morgan fingerprint density at radius 3 is 2.47 bits per heavy atom.